The zero-order valence-electron chi connectivity index (χ0n) is 6.32. The van der Waals surface area contributed by atoms with Gasteiger partial charge in [-0.05, 0) is 6.08 Å². The predicted octanol–water partition coefficient (Wildman–Crippen LogP) is 1.65. The number of hydrogen-bond donors (Lipinski definition) is 0. The molecule has 0 N–H and O–H groups in total. The van der Waals surface area contributed by atoms with Crippen molar-refractivity contribution in [1.82, 2.24) is 0 Å². The molecule has 0 spiro atoms. The Bertz CT molecular complexity index is 194. The van der Waals surface area contributed by atoms with Crippen molar-refractivity contribution in [1.29, 1.82) is 0 Å². The topological polar surface area (TPSA) is 35.5 Å². The number of methoxy groups -OCH3 is 1. The van der Waals surface area contributed by atoms with Crippen molar-refractivity contribution in [2.24, 2.45) is 0 Å². The fourth-order valence-electron chi connectivity index (χ4n) is 0.817. The number of ether oxygens (including phenoxy) is 2. The molecule has 3 heteroatoms. The maximum atomic E-state index is 10.6. The summed E-state index contributed by atoms with van der Waals surface area (Å²) in [6, 6.07) is 0. The van der Waals surface area contributed by atoms with Gasteiger partial charge in [-0.25, -0.2) is 4.79 Å². The van der Waals surface area contributed by atoms with Crippen LogP contribution in [0.15, 0.2) is 24.3 Å². The Morgan fingerprint density at radius 1 is 1.55 bits per heavy atom. The summed E-state index contributed by atoms with van der Waals surface area (Å²) in [6.45, 7) is 0. The van der Waals surface area contributed by atoms with Crippen LogP contribution in [0.25, 0.3) is 0 Å². The van der Waals surface area contributed by atoms with Crippen LogP contribution in [0.1, 0.15) is 6.42 Å². The van der Waals surface area contributed by atoms with Gasteiger partial charge in [-0.1, -0.05) is 18.2 Å². The second-order valence-corrected chi connectivity index (χ2v) is 2.16. The molecule has 0 aromatic carbocycles. The quantitative estimate of drug-likeness (QED) is 0.539. The Kier molecular flexibility index (Phi) is 2.72. The van der Waals surface area contributed by atoms with Crippen LogP contribution in [0.2, 0.25) is 0 Å². The van der Waals surface area contributed by atoms with E-state index < -0.39 is 6.16 Å². The van der Waals surface area contributed by atoms with Crippen LogP contribution in [-0.4, -0.2) is 19.4 Å². The third-order valence-electron chi connectivity index (χ3n) is 1.36. The molecule has 0 bridgehead atoms. The van der Waals surface area contributed by atoms with Crippen molar-refractivity contribution in [3.05, 3.63) is 24.3 Å². The van der Waals surface area contributed by atoms with E-state index in [2.05, 4.69) is 4.74 Å². The maximum Gasteiger partial charge on any atom is 0.508 e. The SMILES string of the molecule is COC(=O)OC1C=CC=CC1. The van der Waals surface area contributed by atoms with Crippen molar-refractivity contribution in [3.63, 3.8) is 0 Å². The van der Waals surface area contributed by atoms with Crippen LogP contribution in [0.3, 0.4) is 0 Å². The minimum Gasteiger partial charge on any atom is -0.438 e. The lowest BCUT2D eigenvalue weighted by Gasteiger charge is -2.12. The summed E-state index contributed by atoms with van der Waals surface area (Å²) in [5.74, 6) is 0. The molecule has 0 amide bonds. The molecular weight excluding hydrogens is 144 g/mol. The first-order chi connectivity index (χ1) is 5.33. The number of rotatable bonds is 1. The van der Waals surface area contributed by atoms with E-state index in [-0.39, 0.29) is 6.10 Å². The van der Waals surface area contributed by atoms with Gasteiger partial charge in [0.15, 0.2) is 0 Å². The number of carbonyl (C=O) groups excluding carboxylic acids is 1. The van der Waals surface area contributed by atoms with E-state index in [0.717, 1.165) is 6.42 Å². The molecule has 0 radical (unpaired) electrons. The van der Waals surface area contributed by atoms with Gasteiger partial charge >= 0.3 is 6.16 Å². The molecule has 0 fully saturated rings. The molecule has 1 aliphatic carbocycles. The molecule has 1 rings (SSSR count). The van der Waals surface area contributed by atoms with E-state index in [1.54, 1.807) is 0 Å². The molecule has 3 nitrogen and oxygen atoms in total. The third-order valence-corrected chi connectivity index (χ3v) is 1.36. The van der Waals surface area contributed by atoms with Gasteiger partial charge in [0.25, 0.3) is 0 Å². The van der Waals surface area contributed by atoms with Gasteiger partial charge in [-0.3, -0.25) is 0 Å². The zero-order chi connectivity index (χ0) is 8.10. The second-order valence-electron chi connectivity index (χ2n) is 2.16. The van der Waals surface area contributed by atoms with Crippen LogP contribution in [-0.2, 0) is 9.47 Å². The lowest BCUT2D eigenvalue weighted by atomic mass is 10.1. The summed E-state index contributed by atoms with van der Waals surface area (Å²) in [4.78, 5) is 10.6. The van der Waals surface area contributed by atoms with Gasteiger partial charge in [-0.2, -0.15) is 0 Å². The number of allylic oxidation sites excluding steroid dienone is 2. The predicted molar refractivity (Wildman–Crippen MR) is 40.2 cm³/mol. The Balaban J connectivity index is 2.33. The molecule has 0 heterocycles. The summed E-state index contributed by atoms with van der Waals surface area (Å²) in [7, 11) is 1.30. The first-order valence-corrected chi connectivity index (χ1v) is 3.41. The summed E-state index contributed by atoms with van der Waals surface area (Å²) in [5, 5.41) is 0. The van der Waals surface area contributed by atoms with E-state index in [9.17, 15) is 4.79 Å². The number of hydrogen-bond acceptors (Lipinski definition) is 3. The summed E-state index contributed by atoms with van der Waals surface area (Å²) in [5.41, 5.74) is 0. The van der Waals surface area contributed by atoms with Crippen molar-refractivity contribution >= 4 is 6.16 Å². The standard InChI is InChI=1S/C8H10O3/c1-10-8(9)11-7-5-3-2-4-6-7/h2-5,7H,6H2,1H3. The first-order valence-electron chi connectivity index (χ1n) is 3.41. The summed E-state index contributed by atoms with van der Waals surface area (Å²) >= 11 is 0. The lowest BCUT2D eigenvalue weighted by Crippen LogP contribution is -2.16. The molecule has 60 valence electrons. The molecule has 1 atom stereocenters. The molecule has 1 aliphatic rings. The monoisotopic (exact) mass is 154 g/mol. The molecule has 0 aromatic heterocycles. The Hall–Kier alpha value is -1.25. The maximum absolute atomic E-state index is 10.6. The Morgan fingerprint density at radius 2 is 2.36 bits per heavy atom. The van der Waals surface area contributed by atoms with Crippen molar-refractivity contribution < 1.29 is 14.3 Å². The van der Waals surface area contributed by atoms with Gasteiger partial charge < -0.3 is 9.47 Å². The van der Waals surface area contributed by atoms with Crippen molar-refractivity contribution in [2.75, 3.05) is 7.11 Å². The van der Waals surface area contributed by atoms with Gasteiger partial charge in [0.2, 0.25) is 0 Å². The van der Waals surface area contributed by atoms with E-state index in [0.29, 0.717) is 0 Å². The van der Waals surface area contributed by atoms with Gasteiger partial charge in [-0.15, -0.1) is 0 Å². The van der Waals surface area contributed by atoms with Crippen LogP contribution in [0.4, 0.5) is 4.79 Å². The molecular formula is C8H10O3. The van der Waals surface area contributed by atoms with Crippen LogP contribution in [0.5, 0.6) is 0 Å². The van der Waals surface area contributed by atoms with Crippen molar-refractivity contribution in [2.45, 2.75) is 12.5 Å². The highest BCUT2D eigenvalue weighted by Gasteiger charge is 2.10. The smallest absolute Gasteiger partial charge is 0.438 e. The van der Waals surface area contributed by atoms with Gasteiger partial charge in [0.05, 0.1) is 7.11 Å². The normalized spacial score (nSPS) is 21.4. The summed E-state index contributed by atoms with van der Waals surface area (Å²) in [6.07, 6.45) is 7.45. The Morgan fingerprint density at radius 3 is 2.91 bits per heavy atom. The molecule has 0 aliphatic heterocycles. The molecule has 0 saturated heterocycles. The van der Waals surface area contributed by atoms with E-state index in [1.807, 2.05) is 24.3 Å². The minimum atomic E-state index is -0.630. The fourth-order valence-corrected chi connectivity index (χ4v) is 0.817. The molecule has 1 unspecified atom stereocenters. The van der Waals surface area contributed by atoms with Crippen LogP contribution >= 0.6 is 0 Å². The van der Waals surface area contributed by atoms with Crippen molar-refractivity contribution in [3.8, 4) is 0 Å². The molecule has 11 heavy (non-hydrogen) atoms. The largest absolute Gasteiger partial charge is 0.508 e. The third kappa shape index (κ3) is 2.45. The second kappa shape index (κ2) is 3.81. The minimum absolute atomic E-state index is 0.160. The van der Waals surface area contributed by atoms with E-state index in [1.165, 1.54) is 7.11 Å². The highest BCUT2D eigenvalue weighted by atomic mass is 16.7. The lowest BCUT2D eigenvalue weighted by molar-refractivity contribution is 0.0531. The first kappa shape index (κ1) is 7.85. The number of carbonyl (C=O) groups is 1. The average Bonchev–Trinajstić information content (AvgIpc) is 2.06. The van der Waals surface area contributed by atoms with Gasteiger partial charge in [0, 0.05) is 6.42 Å². The molecule has 0 aromatic rings. The average molecular weight is 154 g/mol. The summed E-state index contributed by atoms with van der Waals surface area (Å²) < 4.78 is 9.18. The van der Waals surface area contributed by atoms with Crippen LogP contribution < -0.4 is 0 Å². The highest BCUT2D eigenvalue weighted by molar-refractivity contribution is 5.60. The van der Waals surface area contributed by atoms with E-state index in [4.69, 9.17) is 4.74 Å². The van der Waals surface area contributed by atoms with Gasteiger partial charge in [0.1, 0.15) is 6.10 Å². The van der Waals surface area contributed by atoms with E-state index >= 15 is 0 Å². The van der Waals surface area contributed by atoms with Crippen LogP contribution in [0, 0.1) is 0 Å². The zero-order valence-corrected chi connectivity index (χ0v) is 6.32. The fraction of sp³-hybridized carbons (Fsp3) is 0.375. The molecule has 0 saturated carbocycles. The Labute approximate surface area is 65.3 Å². The highest BCUT2D eigenvalue weighted by Crippen LogP contribution is 2.07.